The molecule has 1 aliphatic heterocycles. The number of nitrogens with one attached hydrogen (secondary N) is 2. The van der Waals surface area contributed by atoms with Crippen LogP contribution in [0.1, 0.15) is 29.8 Å². The molecule has 2 aromatic heterocycles. The van der Waals surface area contributed by atoms with Crippen LogP contribution < -0.4 is 5.32 Å². The predicted octanol–water partition coefficient (Wildman–Crippen LogP) is 3.27. The Hall–Kier alpha value is -2.88. The molecule has 0 radical (unpaired) electrons. The zero-order valence-corrected chi connectivity index (χ0v) is 17.1. The van der Waals surface area contributed by atoms with Gasteiger partial charge in [0.1, 0.15) is 11.5 Å². The van der Waals surface area contributed by atoms with Crippen LogP contribution >= 0.6 is 15.9 Å². The second-order valence-corrected chi connectivity index (χ2v) is 7.70. The lowest BCUT2D eigenvalue weighted by Gasteiger charge is -2.35. The molecule has 2 N–H and O–H groups in total. The van der Waals surface area contributed by atoms with E-state index in [9.17, 15) is 9.18 Å². The van der Waals surface area contributed by atoms with E-state index in [-0.39, 0.29) is 23.5 Å². The highest BCUT2D eigenvalue weighted by molar-refractivity contribution is 9.10. The lowest BCUT2D eigenvalue weighted by Crippen LogP contribution is -2.47. The number of halogens is 2. The Labute approximate surface area is 175 Å². The first-order chi connectivity index (χ1) is 14.1. The lowest BCUT2D eigenvalue weighted by atomic mass is 10.0. The van der Waals surface area contributed by atoms with Crippen LogP contribution in [0.25, 0.3) is 11.3 Å². The standard InChI is InChI=1S/C19H19BrFN7O/c20-13-9-22-19(23-10-13)24-11-15-3-1-2-8-28(15)18(29)17-16(25-27-26-17)12-4-6-14(21)7-5-12/h4-7,9-10,15H,1-3,8,11H2,(H,22,23,24)(H,25,26,27). The normalized spacial score (nSPS) is 16.6. The maximum absolute atomic E-state index is 13.3. The van der Waals surface area contributed by atoms with E-state index >= 15 is 0 Å². The van der Waals surface area contributed by atoms with Crippen molar-refractivity contribution < 1.29 is 9.18 Å². The van der Waals surface area contributed by atoms with Gasteiger partial charge in [0.05, 0.1) is 4.47 Å². The fourth-order valence-electron chi connectivity index (χ4n) is 3.42. The molecule has 1 aromatic carbocycles. The third kappa shape index (κ3) is 4.42. The number of aromatic nitrogens is 5. The molecule has 1 atom stereocenters. The number of hydrogen-bond acceptors (Lipinski definition) is 6. The summed E-state index contributed by atoms with van der Waals surface area (Å²) in [4.78, 5) is 23.5. The number of carbonyl (C=O) groups excluding carboxylic acids is 1. The average Bonchev–Trinajstić information content (AvgIpc) is 3.23. The van der Waals surface area contributed by atoms with Crippen molar-refractivity contribution in [2.45, 2.75) is 25.3 Å². The number of hydrogen-bond donors (Lipinski definition) is 2. The van der Waals surface area contributed by atoms with Crippen molar-refractivity contribution in [3.05, 3.63) is 52.6 Å². The minimum absolute atomic E-state index is 0.0127. The van der Waals surface area contributed by atoms with Crippen molar-refractivity contribution in [2.75, 3.05) is 18.4 Å². The molecular formula is C19H19BrFN7O. The van der Waals surface area contributed by atoms with Crippen LogP contribution in [0.4, 0.5) is 10.3 Å². The van der Waals surface area contributed by atoms with E-state index in [1.165, 1.54) is 12.1 Å². The monoisotopic (exact) mass is 459 g/mol. The minimum Gasteiger partial charge on any atom is -0.352 e. The molecule has 10 heteroatoms. The molecule has 1 unspecified atom stereocenters. The smallest absolute Gasteiger partial charge is 0.277 e. The second kappa shape index (κ2) is 8.64. The maximum atomic E-state index is 13.3. The van der Waals surface area contributed by atoms with Crippen LogP contribution in [0.15, 0.2) is 41.1 Å². The van der Waals surface area contributed by atoms with E-state index in [1.807, 2.05) is 4.90 Å². The molecular weight excluding hydrogens is 441 g/mol. The lowest BCUT2D eigenvalue weighted by molar-refractivity contribution is 0.0623. The van der Waals surface area contributed by atoms with Crippen molar-refractivity contribution >= 4 is 27.8 Å². The van der Waals surface area contributed by atoms with Crippen LogP contribution in [0, 0.1) is 5.82 Å². The van der Waals surface area contributed by atoms with Gasteiger partial charge in [0.15, 0.2) is 5.69 Å². The Morgan fingerprint density at radius 1 is 1.21 bits per heavy atom. The summed E-state index contributed by atoms with van der Waals surface area (Å²) in [6.45, 7) is 1.18. The van der Waals surface area contributed by atoms with Crippen molar-refractivity contribution in [1.82, 2.24) is 30.3 Å². The van der Waals surface area contributed by atoms with E-state index in [0.717, 1.165) is 23.7 Å². The maximum Gasteiger partial charge on any atom is 0.277 e. The number of amides is 1. The highest BCUT2D eigenvalue weighted by Crippen LogP contribution is 2.25. The molecule has 150 valence electrons. The SMILES string of the molecule is O=C(c1n[nH]nc1-c1ccc(F)cc1)N1CCCCC1CNc1ncc(Br)cn1. The fourth-order valence-corrected chi connectivity index (χ4v) is 3.62. The summed E-state index contributed by atoms with van der Waals surface area (Å²) < 4.78 is 14.0. The summed E-state index contributed by atoms with van der Waals surface area (Å²) in [5.41, 5.74) is 1.30. The van der Waals surface area contributed by atoms with Crippen LogP contribution in [-0.4, -0.2) is 55.3 Å². The molecule has 1 amide bonds. The van der Waals surface area contributed by atoms with Crippen LogP contribution in [0.3, 0.4) is 0 Å². The Morgan fingerprint density at radius 3 is 2.72 bits per heavy atom. The summed E-state index contributed by atoms with van der Waals surface area (Å²) in [6, 6.07) is 5.84. The van der Waals surface area contributed by atoms with Gasteiger partial charge in [-0.3, -0.25) is 4.79 Å². The van der Waals surface area contributed by atoms with Gasteiger partial charge in [-0.15, -0.1) is 0 Å². The molecule has 8 nitrogen and oxygen atoms in total. The molecule has 29 heavy (non-hydrogen) atoms. The highest BCUT2D eigenvalue weighted by Gasteiger charge is 2.31. The Balaban J connectivity index is 1.51. The van der Waals surface area contributed by atoms with E-state index < -0.39 is 0 Å². The van der Waals surface area contributed by atoms with Crippen molar-refractivity contribution in [1.29, 1.82) is 0 Å². The quantitative estimate of drug-likeness (QED) is 0.607. The van der Waals surface area contributed by atoms with Gasteiger partial charge in [0.2, 0.25) is 5.95 Å². The van der Waals surface area contributed by atoms with E-state index in [2.05, 4.69) is 46.6 Å². The molecule has 0 aliphatic carbocycles. The topological polar surface area (TPSA) is 99.7 Å². The highest BCUT2D eigenvalue weighted by atomic mass is 79.9. The van der Waals surface area contributed by atoms with Crippen LogP contribution in [0.2, 0.25) is 0 Å². The molecule has 1 saturated heterocycles. The second-order valence-electron chi connectivity index (χ2n) is 6.78. The molecule has 1 fully saturated rings. The first-order valence-electron chi connectivity index (χ1n) is 9.31. The van der Waals surface area contributed by atoms with E-state index in [4.69, 9.17) is 0 Å². The van der Waals surface area contributed by atoms with E-state index in [1.54, 1.807) is 24.5 Å². The van der Waals surface area contributed by atoms with Gasteiger partial charge in [-0.25, -0.2) is 14.4 Å². The number of anilines is 1. The van der Waals surface area contributed by atoms with Gasteiger partial charge < -0.3 is 10.2 Å². The molecule has 0 saturated carbocycles. The zero-order valence-electron chi connectivity index (χ0n) is 15.5. The van der Waals surface area contributed by atoms with Gasteiger partial charge in [-0.2, -0.15) is 15.4 Å². The third-order valence-electron chi connectivity index (χ3n) is 4.87. The number of likely N-dealkylation sites (tertiary alicyclic amines) is 1. The van der Waals surface area contributed by atoms with Gasteiger partial charge in [0, 0.05) is 37.1 Å². The Kier molecular flexibility index (Phi) is 5.79. The number of rotatable bonds is 5. The molecule has 1 aliphatic rings. The number of benzene rings is 1. The third-order valence-corrected chi connectivity index (χ3v) is 5.28. The van der Waals surface area contributed by atoms with Crippen molar-refractivity contribution in [3.63, 3.8) is 0 Å². The van der Waals surface area contributed by atoms with Gasteiger partial charge >= 0.3 is 0 Å². The Morgan fingerprint density at radius 2 is 1.97 bits per heavy atom. The summed E-state index contributed by atoms with van der Waals surface area (Å²) in [5.74, 6) is -0.0247. The summed E-state index contributed by atoms with van der Waals surface area (Å²) >= 11 is 3.31. The number of aromatic amines is 1. The average molecular weight is 460 g/mol. The first-order valence-corrected chi connectivity index (χ1v) is 10.1. The van der Waals surface area contributed by atoms with Gasteiger partial charge in [0.25, 0.3) is 5.91 Å². The molecule has 3 heterocycles. The predicted molar refractivity (Wildman–Crippen MR) is 109 cm³/mol. The van der Waals surface area contributed by atoms with Crippen LogP contribution in [-0.2, 0) is 0 Å². The summed E-state index contributed by atoms with van der Waals surface area (Å²) in [7, 11) is 0. The molecule has 0 bridgehead atoms. The van der Waals surface area contributed by atoms with Gasteiger partial charge in [-0.1, -0.05) is 0 Å². The molecule has 4 rings (SSSR count). The molecule has 0 spiro atoms. The van der Waals surface area contributed by atoms with Crippen molar-refractivity contribution in [2.24, 2.45) is 0 Å². The zero-order chi connectivity index (χ0) is 20.2. The number of piperidine rings is 1. The summed E-state index contributed by atoms with van der Waals surface area (Å²) in [5, 5.41) is 13.9. The van der Waals surface area contributed by atoms with Gasteiger partial charge in [-0.05, 0) is 59.5 Å². The van der Waals surface area contributed by atoms with Crippen molar-refractivity contribution in [3.8, 4) is 11.3 Å². The molecule has 3 aromatic rings. The number of H-pyrrole nitrogens is 1. The van der Waals surface area contributed by atoms with Crippen LogP contribution in [0.5, 0.6) is 0 Å². The fraction of sp³-hybridized carbons (Fsp3) is 0.316. The summed E-state index contributed by atoms with van der Waals surface area (Å²) in [6.07, 6.45) is 6.19. The van der Waals surface area contributed by atoms with E-state index in [0.29, 0.717) is 30.3 Å². The first kappa shape index (κ1) is 19.4. The number of nitrogens with zero attached hydrogens (tertiary/aromatic N) is 5. The Bertz CT molecular complexity index is 977. The largest absolute Gasteiger partial charge is 0.352 e. The number of carbonyl (C=O) groups is 1. The minimum atomic E-state index is -0.345.